The summed E-state index contributed by atoms with van der Waals surface area (Å²) < 4.78 is 28.0. The first-order valence-electron chi connectivity index (χ1n) is 5.82. The van der Waals surface area contributed by atoms with Crippen molar-refractivity contribution in [1.82, 2.24) is 0 Å². The number of hydrogen-bond acceptors (Lipinski definition) is 3. The molecule has 0 aromatic heterocycles. The van der Waals surface area contributed by atoms with Crippen LogP contribution in [0.3, 0.4) is 0 Å². The van der Waals surface area contributed by atoms with Crippen LogP contribution >= 0.6 is 0 Å². The van der Waals surface area contributed by atoms with Gasteiger partial charge in [0.05, 0.1) is 17.1 Å². The third-order valence-corrected chi connectivity index (χ3v) is 4.36. The molecular weight excluding hydrogens is 236 g/mol. The van der Waals surface area contributed by atoms with Crippen molar-refractivity contribution in [3.8, 4) is 0 Å². The molecule has 1 aromatic carbocycles. The molecule has 1 aromatic rings. The molecule has 94 valence electrons. The number of epoxide rings is 1. The molecule has 0 radical (unpaired) electrons. The fraction of sp³-hybridized carbons (Fsp3) is 0.538. The van der Waals surface area contributed by atoms with Gasteiger partial charge < -0.3 is 4.74 Å². The zero-order valence-corrected chi connectivity index (χ0v) is 11.2. The highest BCUT2D eigenvalue weighted by Crippen LogP contribution is 2.30. The lowest BCUT2D eigenvalue weighted by Crippen LogP contribution is -2.09. The van der Waals surface area contributed by atoms with E-state index in [0.717, 1.165) is 12.0 Å². The fourth-order valence-electron chi connectivity index (χ4n) is 2.16. The SMILES string of the molecule is CC(Cc1ccc(S(C)(=O)=O)cc1)C1OC1C. The van der Waals surface area contributed by atoms with Gasteiger partial charge in [-0.3, -0.25) is 0 Å². The van der Waals surface area contributed by atoms with Gasteiger partial charge >= 0.3 is 0 Å². The van der Waals surface area contributed by atoms with Crippen LogP contribution in [0, 0.1) is 5.92 Å². The fourth-order valence-corrected chi connectivity index (χ4v) is 2.79. The molecule has 1 aliphatic rings. The number of benzene rings is 1. The van der Waals surface area contributed by atoms with E-state index in [4.69, 9.17) is 4.74 Å². The molecule has 2 rings (SSSR count). The summed E-state index contributed by atoms with van der Waals surface area (Å²) in [6.07, 6.45) is 2.90. The molecule has 0 amide bonds. The lowest BCUT2D eigenvalue weighted by molar-refractivity contribution is 0.328. The zero-order chi connectivity index (χ0) is 12.6. The summed E-state index contributed by atoms with van der Waals surface area (Å²) >= 11 is 0. The average molecular weight is 254 g/mol. The average Bonchev–Trinajstić information content (AvgIpc) is 2.95. The van der Waals surface area contributed by atoms with Crippen LogP contribution in [0.15, 0.2) is 29.2 Å². The van der Waals surface area contributed by atoms with Crippen molar-refractivity contribution in [3.63, 3.8) is 0 Å². The summed E-state index contributed by atoms with van der Waals surface area (Å²) in [5.74, 6) is 0.481. The molecule has 3 unspecified atom stereocenters. The minimum absolute atomic E-state index is 0.365. The molecule has 1 saturated heterocycles. The van der Waals surface area contributed by atoms with Gasteiger partial charge in [0.1, 0.15) is 0 Å². The van der Waals surface area contributed by atoms with Crippen LogP contribution < -0.4 is 0 Å². The highest BCUT2D eigenvalue weighted by molar-refractivity contribution is 7.90. The number of rotatable bonds is 4. The summed E-state index contributed by atoms with van der Waals surface area (Å²) in [6.45, 7) is 4.24. The Morgan fingerprint density at radius 1 is 1.29 bits per heavy atom. The Balaban J connectivity index is 2.03. The molecule has 3 atom stereocenters. The van der Waals surface area contributed by atoms with Crippen LogP contribution in [-0.2, 0) is 21.0 Å². The minimum Gasteiger partial charge on any atom is -0.370 e. The summed E-state index contributed by atoms with van der Waals surface area (Å²) in [5, 5.41) is 0. The molecule has 0 N–H and O–H groups in total. The molecule has 4 heteroatoms. The molecule has 0 spiro atoms. The van der Waals surface area contributed by atoms with Gasteiger partial charge in [0.25, 0.3) is 0 Å². The van der Waals surface area contributed by atoms with E-state index in [2.05, 4.69) is 13.8 Å². The maximum Gasteiger partial charge on any atom is 0.175 e. The van der Waals surface area contributed by atoms with Crippen molar-refractivity contribution < 1.29 is 13.2 Å². The Hall–Kier alpha value is -0.870. The highest BCUT2D eigenvalue weighted by Gasteiger charge is 2.38. The molecule has 0 saturated carbocycles. The predicted octanol–water partition coefficient (Wildman–Crippen LogP) is 2.06. The molecular formula is C13H18O3S. The lowest BCUT2D eigenvalue weighted by atomic mass is 9.97. The van der Waals surface area contributed by atoms with Crippen molar-refractivity contribution in [2.45, 2.75) is 37.4 Å². The van der Waals surface area contributed by atoms with Crippen molar-refractivity contribution in [3.05, 3.63) is 29.8 Å². The second-order valence-electron chi connectivity index (χ2n) is 4.90. The van der Waals surface area contributed by atoms with Gasteiger partial charge in [0, 0.05) is 6.26 Å². The van der Waals surface area contributed by atoms with E-state index in [1.54, 1.807) is 12.1 Å². The normalized spacial score (nSPS) is 25.6. The smallest absolute Gasteiger partial charge is 0.175 e. The maximum atomic E-state index is 11.3. The van der Waals surface area contributed by atoms with Crippen LogP contribution in [-0.4, -0.2) is 26.9 Å². The predicted molar refractivity (Wildman–Crippen MR) is 66.8 cm³/mol. The van der Waals surface area contributed by atoms with Crippen molar-refractivity contribution in [1.29, 1.82) is 0 Å². The summed E-state index contributed by atoms with van der Waals surface area (Å²) in [6, 6.07) is 7.13. The Labute approximate surface area is 103 Å². The van der Waals surface area contributed by atoms with Gasteiger partial charge in [0.2, 0.25) is 0 Å². The van der Waals surface area contributed by atoms with Crippen LogP contribution in [0.5, 0.6) is 0 Å². The summed E-state index contributed by atoms with van der Waals surface area (Å²) in [7, 11) is -3.09. The van der Waals surface area contributed by atoms with Gasteiger partial charge in [-0.15, -0.1) is 0 Å². The lowest BCUT2D eigenvalue weighted by Gasteiger charge is -2.08. The van der Waals surface area contributed by atoms with Crippen LogP contribution in [0.4, 0.5) is 0 Å². The van der Waals surface area contributed by atoms with E-state index in [1.165, 1.54) is 6.26 Å². The highest BCUT2D eigenvalue weighted by atomic mass is 32.2. The number of hydrogen-bond donors (Lipinski definition) is 0. The minimum atomic E-state index is -3.09. The number of sulfone groups is 1. The number of ether oxygens (including phenoxy) is 1. The largest absolute Gasteiger partial charge is 0.370 e. The van der Waals surface area contributed by atoms with Gasteiger partial charge in [0.15, 0.2) is 9.84 Å². The van der Waals surface area contributed by atoms with E-state index < -0.39 is 9.84 Å². The quantitative estimate of drug-likeness (QED) is 0.773. The van der Waals surface area contributed by atoms with Crippen LogP contribution in [0.25, 0.3) is 0 Å². The van der Waals surface area contributed by atoms with Crippen molar-refractivity contribution in [2.75, 3.05) is 6.26 Å². The molecule has 1 aliphatic heterocycles. The second-order valence-corrected chi connectivity index (χ2v) is 6.92. The summed E-state index contributed by atoms with van der Waals surface area (Å²) in [5.41, 5.74) is 1.16. The van der Waals surface area contributed by atoms with Gasteiger partial charge in [-0.25, -0.2) is 8.42 Å². The first-order valence-corrected chi connectivity index (χ1v) is 7.71. The van der Waals surface area contributed by atoms with Gasteiger partial charge in [-0.1, -0.05) is 19.1 Å². The van der Waals surface area contributed by atoms with E-state index in [9.17, 15) is 8.42 Å². The third-order valence-electron chi connectivity index (χ3n) is 3.23. The third kappa shape index (κ3) is 3.07. The van der Waals surface area contributed by atoms with Gasteiger partial charge in [-0.05, 0) is 37.0 Å². The first-order chi connectivity index (χ1) is 7.88. The molecule has 1 heterocycles. The Kier molecular flexibility index (Phi) is 3.27. The van der Waals surface area contributed by atoms with E-state index in [1.807, 2.05) is 12.1 Å². The zero-order valence-electron chi connectivity index (χ0n) is 10.4. The van der Waals surface area contributed by atoms with Crippen LogP contribution in [0.2, 0.25) is 0 Å². The maximum absolute atomic E-state index is 11.3. The molecule has 1 fully saturated rings. The van der Waals surface area contributed by atoms with Crippen molar-refractivity contribution >= 4 is 9.84 Å². The topological polar surface area (TPSA) is 46.7 Å². The Bertz CT molecular complexity index is 490. The standard InChI is InChI=1S/C13H18O3S/c1-9(13-10(2)16-13)8-11-4-6-12(7-5-11)17(3,14)15/h4-7,9-10,13H,8H2,1-3H3. The Morgan fingerprint density at radius 2 is 1.82 bits per heavy atom. The van der Waals surface area contributed by atoms with E-state index in [-0.39, 0.29) is 0 Å². The summed E-state index contributed by atoms with van der Waals surface area (Å²) in [4.78, 5) is 0.380. The van der Waals surface area contributed by atoms with E-state index >= 15 is 0 Å². The van der Waals surface area contributed by atoms with Gasteiger partial charge in [-0.2, -0.15) is 0 Å². The molecule has 0 bridgehead atoms. The van der Waals surface area contributed by atoms with E-state index in [0.29, 0.717) is 23.0 Å². The molecule has 3 nitrogen and oxygen atoms in total. The molecule has 17 heavy (non-hydrogen) atoms. The first kappa shape index (κ1) is 12.6. The monoisotopic (exact) mass is 254 g/mol. The van der Waals surface area contributed by atoms with Crippen molar-refractivity contribution in [2.24, 2.45) is 5.92 Å². The molecule has 0 aliphatic carbocycles. The van der Waals surface area contributed by atoms with Crippen LogP contribution in [0.1, 0.15) is 19.4 Å². The Morgan fingerprint density at radius 3 is 2.24 bits per heavy atom. The second kappa shape index (κ2) is 4.42.